The molecular weight excluding hydrogens is 222 g/mol. The highest BCUT2D eigenvalue weighted by atomic mass is 16.1. The van der Waals surface area contributed by atoms with Crippen LogP contribution in [-0.2, 0) is 11.8 Å². The van der Waals surface area contributed by atoms with Crippen molar-refractivity contribution >= 4 is 5.91 Å². The zero-order chi connectivity index (χ0) is 13.8. The molecule has 1 aromatic rings. The molecule has 0 radical (unpaired) electrons. The maximum absolute atomic E-state index is 11.2. The molecule has 0 spiro atoms. The number of carbonyl (C=O) groups is 1. The molecule has 1 unspecified atom stereocenters. The predicted octanol–water partition coefficient (Wildman–Crippen LogP) is 3.82. The Balaban J connectivity index is 0.000000771. The molecule has 100 valence electrons. The van der Waals surface area contributed by atoms with E-state index in [0.29, 0.717) is 5.56 Å². The van der Waals surface area contributed by atoms with E-state index in [0.717, 1.165) is 12.8 Å². The highest BCUT2D eigenvalue weighted by Gasteiger charge is 2.30. The van der Waals surface area contributed by atoms with E-state index in [1.165, 1.54) is 24.0 Å². The zero-order valence-corrected chi connectivity index (χ0v) is 12.0. The van der Waals surface area contributed by atoms with Crippen LogP contribution in [0.25, 0.3) is 0 Å². The smallest absolute Gasteiger partial charge is 0.248 e. The van der Waals surface area contributed by atoms with E-state index in [9.17, 15) is 4.79 Å². The van der Waals surface area contributed by atoms with E-state index in [2.05, 4.69) is 19.9 Å². The average molecular weight is 247 g/mol. The van der Waals surface area contributed by atoms with Crippen molar-refractivity contribution in [3.63, 3.8) is 0 Å². The normalized spacial score (nSPS) is 21.6. The maximum atomic E-state index is 11.2. The van der Waals surface area contributed by atoms with Gasteiger partial charge in [0.2, 0.25) is 5.91 Å². The molecular formula is C16H25NO. The van der Waals surface area contributed by atoms with Crippen LogP contribution in [0.3, 0.4) is 0 Å². The van der Waals surface area contributed by atoms with Crippen molar-refractivity contribution in [1.82, 2.24) is 0 Å². The summed E-state index contributed by atoms with van der Waals surface area (Å²) < 4.78 is 0. The number of amides is 1. The number of primary amides is 1. The van der Waals surface area contributed by atoms with Crippen LogP contribution in [-0.4, -0.2) is 5.91 Å². The van der Waals surface area contributed by atoms with Gasteiger partial charge in [0.25, 0.3) is 0 Å². The lowest BCUT2D eigenvalue weighted by atomic mass is 9.69. The van der Waals surface area contributed by atoms with Gasteiger partial charge in [-0.25, -0.2) is 0 Å². The molecule has 0 aromatic heterocycles. The summed E-state index contributed by atoms with van der Waals surface area (Å²) in [6.07, 6.45) is 4.69. The minimum absolute atomic E-state index is 0.221. The van der Waals surface area contributed by atoms with Gasteiger partial charge in [0.1, 0.15) is 0 Å². The van der Waals surface area contributed by atoms with Crippen molar-refractivity contribution in [3.8, 4) is 0 Å². The van der Waals surface area contributed by atoms with Crippen molar-refractivity contribution in [1.29, 1.82) is 0 Å². The lowest BCUT2D eigenvalue weighted by Crippen LogP contribution is -2.27. The van der Waals surface area contributed by atoms with Crippen molar-refractivity contribution in [2.75, 3.05) is 0 Å². The first-order valence-electron chi connectivity index (χ1n) is 7.00. The molecule has 18 heavy (non-hydrogen) atoms. The molecule has 0 heterocycles. The van der Waals surface area contributed by atoms with Crippen molar-refractivity contribution < 1.29 is 4.79 Å². The van der Waals surface area contributed by atoms with Crippen LogP contribution in [0.1, 0.15) is 68.4 Å². The summed E-state index contributed by atoms with van der Waals surface area (Å²) in [5.41, 5.74) is 8.92. The molecule has 1 aliphatic carbocycles. The van der Waals surface area contributed by atoms with Gasteiger partial charge in [-0.3, -0.25) is 4.79 Å². The number of nitrogens with two attached hydrogens (primary N) is 1. The van der Waals surface area contributed by atoms with Gasteiger partial charge in [0.05, 0.1) is 0 Å². The summed E-state index contributed by atoms with van der Waals surface area (Å²) in [4.78, 5) is 11.2. The van der Waals surface area contributed by atoms with Crippen LogP contribution in [0.4, 0.5) is 0 Å². The van der Waals surface area contributed by atoms with E-state index in [1.807, 2.05) is 26.0 Å². The van der Waals surface area contributed by atoms with Crippen LogP contribution in [0.5, 0.6) is 0 Å². The van der Waals surface area contributed by atoms with Gasteiger partial charge >= 0.3 is 0 Å². The topological polar surface area (TPSA) is 43.1 Å². The standard InChI is InChI=1S/C14H19NO.C2H6/c1-3-14(2)8-4-5-10-6-7-11(13(15)16)9-12(10)14;1-2/h6-7,9H,3-5,8H2,1-2H3,(H2,15,16);1-2H3. The van der Waals surface area contributed by atoms with Crippen LogP contribution >= 0.6 is 0 Å². The van der Waals surface area contributed by atoms with Crippen LogP contribution in [0.15, 0.2) is 18.2 Å². The Morgan fingerprint density at radius 1 is 1.39 bits per heavy atom. The van der Waals surface area contributed by atoms with E-state index in [4.69, 9.17) is 5.73 Å². The van der Waals surface area contributed by atoms with Gasteiger partial charge in [-0.05, 0) is 54.4 Å². The van der Waals surface area contributed by atoms with Crippen molar-refractivity contribution in [2.45, 2.75) is 58.8 Å². The van der Waals surface area contributed by atoms with Gasteiger partial charge < -0.3 is 5.73 Å². The number of hydrogen-bond acceptors (Lipinski definition) is 1. The molecule has 0 bridgehead atoms. The first-order valence-corrected chi connectivity index (χ1v) is 7.00. The third kappa shape index (κ3) is 2.74. The summed E-state index contributed by atoms with van der Waals surface area (Å²) >= 11 is 0. The summed E-state index contributed by atoms with van der Waals surface area (Å²) in [5.74, 6) is -0.327. The minimum atomic E-state index is -0.327. The Kier molecular flexibility index (Phi) is 4.94. The SMILES string of the molecule is CC.CCC1(C)CCCc2ccc(C(N)=O)cc21. The molecule has 0 aliphatic heterocycles. The number of benzene rings is 1. The molecule has 1 atom stereocenters. The Morgan fingerprint density at radius 2 is 2.06 bits per heavy atom. The zero-order valence-electron chi connectivity index (χ0n) is 12.0. The monoisotopic (exact) mass is 247 g/mol. The van der Waals surface area contributed by atoms with E-state index < -0.39 is 0 Å². The number of aryl methyl sites for hydroxylation is 1. The molecule has 2 heteroatoms. The molecule has 2 N–H and O–H groups in total. The minimum Gasteiger partial charge on any atom is -0.366 e. The Labute approximate surface area is 111 Å². The maximum Gasteiger partial charge on any atom is 0.248 e. The number of hydrogen-bond donors (Lipinski definition) is 1. The Bertz CT molecular complexity index is 425. The second-order valence-electron chi connectivity index (χ2n) is 5.00. The summed E-state index contributed by atoms with van der Waals surface area (Å²) in [6.45, 7) is 8.50. The second kappa shape index (κ2) is 6.03. The fourth-order valence-corrected chi connectivity index (χ4v) is 2.68. The Morgan fingerprint density at radius 3 is 2.61 bits per heavy atom. The van der Waals surface area contributed by atoms with Gasteiger partial charge in [-0.15, -0.1) is 0 Å². The molecule has 0 saturated heterocycles. The largest absolute Gasteiger partial charge is 0.366 e. The highest BCUT2D eigenvalue weighted by molar-refractivity contribution is 5.93. The molecule has 1 aromatic carbocycles. The van der Waals surface area contributed by atoms with Crippen LogP contribution in [0, 0.1) is 0 Å². The summed E-state index contributed by atoms with van der Waals surface area (Å²) in [5, 5.41) is 0. The number of fused-ring (bicyclic) bond motifs is 1. The lowest BCUT2D eigenvalue weighted by Gasteiger charge is -2.35. The predicted molar refractivity (Wildman–Crippen MR) is 76.9 cm³/mol. The van der Waals surface area contributed by atoms with Crippen molar-refractivity contribution in [3.05, 3.63) is 34.9 Å². The Hall–Kier alpha value is -1.31. The third-order valence-electron chi connectivity index (χ3n) is 4.00. The van der Waals surface area contributed by atoms with Crippen LogP contribution < -0.4 is 5.73 Å². The molecule has 0 saturated carbocycles. The molecule has 2 nitrogen and oxygen atoms in total. The summed E-state index contributed by atoms with van der Waals surface area (Å²) in [7, 11) is 0. The second-order valence-corrected chi connectivity index (χ2v) is 5.00. The van der Waals surface area contributed by atoms with Gasteiger partial charge in [0, 0.05) is 5.56 Å². The van der Waals surface area contributed by atoms with Crippen LogP contribution in [0.2, 0.25) is 0 Å². The fraction of sp³-hybridized carbons (Fsp3) is 0.562. The number of rotatable bonds is 2. The van der Waals surface area contributed by atoms with Gasteiger partial charge in [0.15, 0.2) is 0 Å². The van der Waals surface area contributed by atoms with Gasteiger partial charge in [-0.2, -0.15) is 0 Å². The lowest BCUT2D eigenvalue weighted by molar-refractivity contribution is 0.1000. The molecule has 0 fully saturated rings. The van der Waals surface area contributed by atoms with Gasteiger partial charge in [-0.1, -0.05) is 33.8 Å². The van der Waals surface area contributed by atoms with E-state index >= 15 is 0 Å². The quantitative estimate of drug-likeness (QED) is 0.848. The summed E-state index contributed by atoms with van der Waals surface area (Å²) in [6, 6.07) is 5.92. The fourth-order valence-electron chi connectivity index (χ4n) is 2.68. The third-order valence-corrected chi connectivity index (χ3v) is 4.00. The van der Waals surface area contributed by atoms with E-state index in [-0.39, 0.29) is 11.3 Å². The molecule has 2 rings (SSSR count). The van der Waals surface area contributed by atoms with Crippen molar-refractivity contribution in [2.24, 2.45) is 5.73 Å². The first-order chi connectivity index (χ1) is 8.57. The molecule has 1 aliphatic rings. The average Bonchev–Trinajstić information content (AvgIpc) is 2.41. The number of carbonyl (C=O) groups excluding carboxylic acids is 1. The molecule has 1 amide bonds. The first kappa shape index (κ1) is 14.7. The van der Waals surface area contributed by atoms with E-state index in [1.54, 1.807) is 0 Å². The highest BCUT2D eigenvalue weighted by Crippen LogP contribution is 2.39.